The normalized spacial score (nSPS) is 14.8. The van der Waals surface area contributed by atoms with Crippen LogP contribution in [-0.4, -0.2) is 29.3 Å². The Labute approximate surface area is 194 Å². The van der Waals surface area contributed by atoms with Crippen LogP contribution in [0.25, 0.3) is 0 Å². The summed E-state index contributed by atoms with van der Waals surface area (Å²) in [4.78, 5) is 29.9. The van der Waals surface area contributed by atoms with E-state index in [1.54, 1.807) is 16.2 Å². The molecule has 2 amide bonds. The van der Waals surface area contributed by atoms with Crippen molar-refractivity contribution >= 4 is 23.2 Å². The molecule has 0 bridgehead atoms. The molecule has 0 radical (unpaired) electrons. The number of amides is 2. The quantitative estimate of drug-likeness (QED) is 0.493. The van der Waals surface area contributed by atoms with Crippen LogP contribution in [0.2, 0.25) is 0 Å². The average Bonchev–Trinajstić information content (AvgIpc) is 3.52. The number of hydrogen-bond donors (Lipinski definition) is 1. The molecule has 1 fully saturated rings. The van der Waals surface area contributed by atoms with E-state index >= 15 is 0 Å². The molecule has 0 spiro atoms. The highest BCUT2D eigenvalue weighted by Crippen LogP contribution is 2.26. The van der Waals surface area contributed by atoms with E-state index < -0.39 is 6.04 Å². The van der Waals surface area contributed by atoms with Crippen molar-refractivity contribution in [2.75, 3.05) is 6.54 Å². The summed E-state index contributed by atoms with van der Waals surface area (Å²) in [6.45, 7) is 0.492. The van der Waals surface area contributed by atoms with E-state index in [2.05, 4.69) is 17.4 Å². The molecule has 1 N–H and O–H groups in total. The zero-order chi connectivity index (χ0) is 22.2. The molecule has 3 aromatic rings. The van der Waals surface area contributed by atoms with E-state index in [4.69, 9.17) is 0 Å². The Balaban J connectivity index is 1.62. The highest BCUT2D eigenvalue weighted by Gasteiger charge is 2.32. The monoisotopic (exact) mass is 446 g/mol. The zero-order valence-electron chi connectivity index (χ0n) is 18.3. The summed E-state index contributed by atoms with van der Waals surface area (Å²) >= 11 is 1.58. The summed E-state index contributed by atoms with van der Waals surface area (Å²) < 4.78 is 0. The molecule has 1 aliphatic carbocycles. The van der Waals surface area contributed by atoms with Crippen LogP contribution in [0.4, 0.5) is 0 Å². The van der Waals surface area contributed by atoms with E-state index in [-0.39, 0.29) is 17.9 Å². The van der Waals surface area contributed by atoms with E-state index in [0.717, 1.165) is 41.7 Å². The van der Waals surface area contributed by atoms with Crippen LogP contribution in [0.5, 0.6) is 0 Å². The third-order valence-electron chi connectivity index (χ3n) is 6.09. The maximum absolute atomic E-state index is 13.6. The molecule has 1 saturated carbocycles. The maximum atomic E-state index is 13.6. The van der Waals surface area contributed by atoms with Gasteiger partial charge in [-0.15, -0.1) is 11.3 Å². The van der Waals surface area contributed by atoms with Gasteiger partial charge in [0, 0.05) is 17.5 Å². The first kappa shape index (κ1) is 22.3. The van der Waals surface area contributed by atoms with Crippen LogP contribution < -0.4 is 5.32 Å². The topological polar surface area (TPSA) is 49.4 Å². The fourth-order valence-electron chi connectivity index (χ4n) is 4.41. The molecule has 166 valence electrons. The molecule has 0 unspecified atom stereocenters. The van der Waals surface area contributed by atoms with E-state index in [1.165, 1.54) is 0 Å². The lowest BCUT2D eigenvalue weighted by atomic mass is 10.0. The lowest BCUT2D eigenvalue weighted by Gasteiger charge is -2.32. The lowest BCUT2D eigenvalue weighted by Crippen LogP contribution is -2.47. The molecule has 5 heteroatoms. The standard InChI is InChI=1S/C27H30N2O2S/c30-25(20-24-16-9-19-32-24)29(18-17-21-10-3-1-4-11-21)26(22-12-5-2-6-13-22)27(31)28-23-14-7-8-15-23/h1-6,9-13,16,19,23,26H,7-8,14-15,17-18,20H2,(H,28,31)/t26-/m1/s1. The number of hydrogen-bond acceptors (Lipinski definition) is 3. The van der Waals surface area contributed by atoms with Crippen LogP contribution >= 0.6 is 11.3 Å². The molecule has 0 aliphatic heterocycles. The summed E-state index contributed by atoms with van der Waals surface area (Å²) in [5.41, 5.74) is 2.01. The van der Waals surface area contributed by atoms with Gasteiger partial charge in [-0.1, -0.05) is 79.6 Å². The number of thiophene rings is 1. The van der Waals surface area contributed by atoms with Gasteiger partial charge >= 0.3 is 0 Å². The Kier molecular flexibility index (Phi) is 7.73. The number of benzene rings is 2. The number of nitrogens with one attached hydrogen (secondary N) is 1. The van der Waals surface area contributed by atoms with Gasteiger partial charge in [0.2, 0.25) is 11.8 Å². The van der Waals surface area contributed by atoms with E-state index in [1.807, 2.05) is 66.0 Å². The second-order valence-electron chi connectivity index (χ2n) is 8.38. The van der Waals surface area contributed by atoms with Gasteiger partial charge in [-0.05, 0) is 41.8 Å². The SMILES string of the molecule is O=C(NC1CCCC1)[C@@H](c1ccccc1)N(CCc1ccccc1)C(=O)Cc1cccs1. The number of nitrogens with zero attached hydrogens (tertiary/aromatic N) is 1. The van der Waals surface area contributed by atoms with E-state index in [0.29, 0.717) is 19.4 Å². The predicted molar refractivity (Wildman–Crippen MR) is 129 cm³/mol. The van der Waals surface area contributed by atoms with Crippen molar-refractivity contribution in [1.29, 1.82) is 0 Å². The highest BCUT2D eigenvalue weighted by molar-refractivity contribution is 7.10. The van der Waals surface area contributed by atoms with Gasteiger partial charge in [0.25, 0.3) is 0 Å². The van der Waals surface area contributed by atoms with Crippen LogP contribution in [0.15, 0.2) is 78.2 Å². The summed E-state index contributed by atoms with van der Waals surface area (Å²) in [5, 5.41) is 5.22. The second kappa shape index (κ2) is 11.1. The van der Waals surface area contributed by atoms with Crippen molar-refractivity contribution < 1.29 is 9.59 Å². The number of carbonyl (C=O) groups is 2. The fourth-order valence-corrected chi connectivity index (χ4v) is 5.11. The molecule has 1 heterocycles. The molecular weight excluding hydrogens is 416 g/mol. The van der Waals surface area contributed by atoms with Crippen molar-refractivity contribution in [3.63, 3.8) is 0 Å². The fraction of sp³-hybridized carbons (Fsp3) is 0.333. The van der Waals surface area contributed by atoms with Crippen LogP contribution in [0.3, 0.4) is 0 Å². The maximum Gasteiger partial charge on any atom is 0.247 e. The molecule has 2 aromatic carbocycles. The molecule has 4 nitrogen and oxygen atoms in total. The Hall–Kier alpha value is -2.92. The minimum atomic E-state index is -0.632. The van der Waals surface area contributed by atoms with Crippen molar-refractivity contribution in [2.45, 2.75) is 50.6 Å². The van der Waals surface area contributed by atoms with Gasteiger partial charge in [0.05, 0.1) is 6.42 Å². The molecule has 1 aliphatic rings. The zero-order valence-corrected chi connectivity index (χ0v) is 19.1. The minimum Gasteiger partial charge on any atom is -0.351 e. The minimum absolute atomic E-state index is 0.0150. The van der Waals surface area contributed by atoms with Crippen molar-refractivity contribution in [3.8, 4) is 0 Å². The first-order valence-corrected chi connectivity index (χ1v) is 12.3. The molecule has 1 atom stereocenters. The molecule has 4 rings (SSSR count). The van der Waals surface area contributed by atoms with E-state index in [9.17, 15) is 9.59 Å². The third-order valence-corrected chi connectivity index (χ3v) is 6.96. The van der Waals surface area contributed by atoms with Crippen LogP contribution in [0.1, 0.15) is 47.7 Å². The van der Waals surface area contributed by atoms with Crippen LogP contribution in [0, 0.1) is 0 Å². The second-order valence-corrected chi connectivity index (χ2v) is 9.41. The summed E-state index contributed by atoms with van der Waals surface area (Å²) in [6, 6.07) is 23.4. The van der Waals surface area contributed by atoms with Gasteiger partial charge < -0.3 is 10.2 Å². The summed E-state index contributed by atoms with van der Waals surface area (Å²) in [7, 11) is 0. The first-order chi connectivity index (χ1) is 15.7. The Morgan fingerprint density at radius 3 is 2.28 bits per heavy atom. The van der Waals surface area contributed by atoms with Crippen LogP contribution in [-0.2, 0) is 22.4 Å². The Morgan fingerprint density at radius 2 is 1.62 bits per heavy atom. The Bertz CT molecular complexity index is 983. The largest absolute Gasteiger partial charge is 0.351 e. The van der Waals surface area contributed by atoms with Gasteiger partial charge in [-0.3, -0.25) is 9.59 Å². The van der Waals surface area contributed by atoms with Crippen molar-refractivity contribution in [2.24, 2.45) is 0 Å². The average molecular weight is 447 g/mol. The number of carbonyl (C=O) groups excluding carboxylic acids is 2. The highest BCUT2D eigenvalue weighted by atomic mass is 32.1. The van der Waals surface area contributed by atoms with Gasteiger partial charge in [-0.2, -0.15) is 0 Å². The lowest BCUT2D eigenvalue weighted by molar-refractivity contribution is -0.140. The predicted octanol–water partition coefficient (Wildman–Crippen LogP) is 5.16. The van der Waals surface area contributed by atoms with Crippen molar-refractivity contribution in [1.82, 2.24) is 10.2 Å². The smallest absolute Gasteiger partial charge is 0.247 e. The molecule has 32 heavy (non-hydrogen) atoms. The van der Waals surface area contributed by atoms with Crippen molar-refractivity contribution in [3.05, 3.63) is 94.2 Å². The summed E-state index contributed by atoms with van der Waals surface area (Å²) in [6.07, 6.45) is 5.34. The van der Waals surface area contributed by atoms with Gasteiger partial charge in [0.1, 0.15) is 6.04 Å². The summed E-state index contributed by atoms with van der Waals surface area (Å²) in [5.74, 6) is -0.0884. The Morgan fingerprint density at radius 1 is 0.938 bits per heavy atom. The molecule has 0 saturated heterocycles. The third kappa shape index (κ3) is 5.86. The molecule has 1 aromatic heterocycles. The first-order valence-electron chi connectivity index (χ1n) is 11.4. The number of rotatable bonds is 9. The van der Waals surface area contributed by atoms with Gasteiger partial charge in [-0.25, -0.2) is 0 Å². The molecular formula is C27H30N2O2S. The van der Waals surface area contributed by atoms with Gasteiger partial charge in [0.15, 0.2) is 0 Å².